The van der Waals surface area contributed by atoms with E-state index in [1.54, 1.807) is 0 Å². The van der Waals surface area contributed by atoms with Gasteiger partial charge in [-0.2, -0.15) is 0 Å². The van der Waals surface area contributed by atoms with Gasteiger partial charge in [0, 0.05) is 23.2 Å². The van der Waals surface area contributed by atoms with Gasteiger partial charge in [-0.25, -0.2) is 0 Å². The summed E-state index contributed by atoms with van der Waals surface area (Å²) in [5, 5.41) is 0. The van der Waals surface area contributed by atoms with Crippen LogP contribution in [-0.2, 0) is 13.2 Å². The standard InChI is InChI=1S/C28H34N4O2/c1-19(2)31-27(29)23-7-5-9-25(15-23)33-17-21-11-13-22(14-12-21)18-34-26-10-6-8-24(16-26)28(30)32-20(3)4/h5-16,19-20H,17-18H2,1-4H3,(H2,29,31)(H2,30,32). The molecule has 0 atom stereocenters. The lowest BCUT2D eigenvalue weighted by Gasteiger charge is -2.11. The predicted molar refractivity (Wildman–Crippen MR) is 140 cm³/mol. The molecule has 0 radical (unpaired) electrons. The fraction of sp³-hybridized carbons (Fsp3) is 0.286. The number of ether oxygens (including phenoxy) is 2. The Labute approximate surface area is 202 Å². The number of benzene rings is 3. The van der Waals surface area contributed by atoms with E-state index in [9.17, 15) is 0 Å². The molecule has 34 heavy (non-hydrogen) atoms. The fourth-order valence-corrected chi connectivity index (χ4v) is 3.26. The van der Waals surface area contributed by atoms with Crippen molar-refractivity contribution in [3.63, 3.8) is 0 Å². The van der Waals surface area contributed by atoms with Gasteiger partial charge in [0.1, 0.15) is 36.4 Å². The first-order valence-electron chi connectivity index (χ1n) is 11.5. The molecule has 0 bridgehead atoms. The lowest BCUT2D eigenvalue weighted by molar-refractivity contribution is 0.302. The number of aliphatic imine (C=N–C) groups is 2. The van der Waals surface area contributed by atoms with Crippen LogP contribution in [0.4, 0.5) is 0 Å². The summed E-state index contributed by atoms with van der Waals surface area (Å²) in [6, 6.07) is 23.8. The summed E-state index contributed by atoms with van der Waals surface area (Å²) in [7, 11) is 0. The van der Waals surface area contributed by atoms with Gasteiger partial charge < -0.3 is 20.9 Å². The second-order valence-corrected chi connectivity index (χ2v) is 8.67. The predicted octanol–water partition coefficient (Wildman–Crippen LogP) is 5.07. The minimum Gasteiger partial charge on any atom is -0.489 e. The van der Waals surface area contributed by atoms with Crippen LogP contribution < -0.4 is 20.9 Å². The average Bonchev–Trinajstić information content (AvgIpc) is 2.81. The van der Waals surface area contributed by atoms with Crippen molar-refractivity contribution in [2.45, 2.75) is 53.0 Å². The summed E-state index contributed by atoms with van der Waals surface area (Å²) in [6.45, 7) is 8.91. The van der Waals surface area contributed by atoms with Gasteiger partial charge in [-0.1, -0.05) is 48.5 Å². The molecule has 0 saturated carbocycles. The maximum Gasteiger partial charge on any atom is 0.126 e. The summed E-state index contributed by atoms with van der Waals surface area (Å²) in [6.07, 6.45) is 0. The van der Waals surface area contributed by atoms with E-state index in [2.05, 4.69) is 9.98 Å². The Morgan fingerprint density at radius 3 is 1.38 bits per heavy atom. The van der Waals surface area contributed by atoms with Crippen LogP contribution in [0.25, 0.3) is 0 Å². The van der Waals surface area contributed by atoms with Crippen molar-refractivity contribution in [3.8, 4) is 11.5 Å². The van der Waals surface area contributed by atoms with E-state index in [4.69, 9.17) is 20.9 Å². The number of nitrogens with two attached hydrogens (primary N) is 2. The van der Waals surface area contributed by atoms with Gasteiger partial charge in [-0.05, 0) is 63.1 Å². The van der Waals surface area contributed by atoms with Gasteiger partial charge in [-0.3, -0.25) is 9.98 Å². The first kappa shape index (κ1) is 24.8. The van der Waals surface area contributed by atoms with Crippen molar-refractivity contribution in [1.82, 2.24) is 0 Å². The molecule has 0 saturated heterocycles. The Bertz CT molecular complexity index is 1040. The average molecular weight is 459 g/mol. The van der Waals surface area contributed by atoms with Crippen molar-refractivity contribution in [2.24, 2.45) is 21.5 Å². The van der Waals surface area contributed by atoms with Crippen LogP contribution in [0.5, 0.6) is 11.5 Å². The van der Waals surface area contributed by atoms with Crippen molar-refractivity contribution >= 4 is 11.7 Å². The molecule has 0 aliphatic heterocycles. The second-order valence-electron chi connectivity index (χ2n) is 8.67. The number of hydrogen-bond donors (Lipinski definition) is 2. The number of hydrogen-bond acceptors (Lipinski definition) is 4. The molecular weight excluding hydrogens is 424 g/mol. The third-order valence-electron chi connectivity index (χ3n) is 4.89. The summed E-state index contributed by atoms with van der Waals surface area (Å²) < 4.78 is 11.9. The molecule has 4 N–H and O–H groups in total. The Kier molecular flexibility index (Phi) is 8.68. The van der Waals surface area contributed by atoms with E-state index >= 15 is 0 Å². The summed E-state index contributed by atoms with van der Waals surface area (Å²) in [4.78, 5) is 8.79. The van der Waals surface area contributed by atoms with Gasteiger partial charge in [0.05, 0.1) is 0 Å². The summed E-state index contributed by atoms with van der Waals surface area (Å²) in [5.41, 5.74) is 16.0. The fourth-order valence-electron chi connectivity index (χ4n) is 3.26. The summed E-state index contributed by atoms with van der Waals surface area (Å²) >= 11 is 0. The minimum atomic E-state index is 0.146. The summed E-state index contributed by atoms with van der Waals surface area (Å²) in [5.74, 6) is 2.55. The quantitative estimate of drug-likeness (QED) is 0.327. The highest BCUT2D eigenvalue weighted by atomic mass is 16.5. The molecule has 0 unspecified atom stereocenters. The van der Waals surface area contributed by atoms with Gasteiger partial charge in [-0.15, -0.1) is 0 Å². The zero-order valence-electron chi connectivity index (χ0n) is 20.4. The maximum atomic E-state index is 6.07. The minimum absolute atomic E-state index is 0.146. The van der Waals surface area contributed by atoms with E-state index in [0.717, 1.165) is 33.8 Å². The normalized spacial score (nSPS) is 12.3. The van der Waals surface area contributed by atoms with Crippen LogP contribution in [0, 0.1) is 0 Å². The lowest BCUT2D eigenvalue weighted by Crippen LogP contribution is -2.15. The molecule has 6 heteroatoms. The molecule has 0 fully saturated rings. The van der Waals surface area contributed by atoms with Gasteiger partial charge >= 0.3 is 0 Å². The second kappa shape index (κ2) is 11.9. The SMILES string of the molecule is CC(C)N=C(N)c1cccc(OCc2ccc(COc3cccc(C(N)=NC(C)C)c3)cc2)c1. The Hall–Kier alpha value is -3.80. The van der Waals surface area contributed by atoms with Crippen molar-refractivity contribution in [1.29, 1.82) is 0 Å². The highest BCUT2D eigenvalue weighted by Gasteiger charge is 2.05. The highest BCUT2D eigenvalue weighted by molar-refractivity contribution is 5.98. The van der Waals surface area contributed by atoms with Gasteiger partial charge in [0.25, 0.3) is 0 Å². The molecule has 0 aliphatic carbocycles. The molecule has 3 rings (SSSR count). The number of nitrogens with zero attached hydrogens (tertiary/aromatic N) is 2. The first-order valence-corrected chi connectivity index (χ1v) is 11.5. The highest BCUT2D eigenvalue weighted by Crippen LogP contribution is 2.18. The third-order valence-corrected chi connectivity index (χ3v) is 4.89. The van der Waals surface area contributed by atoms with Crippen LogP contribution >= 0.6 is 0 Å². The van der Waals surface area contributed by atoms with Gasteiger partial charge in [0.15, 0.2) is 0 Å². The Morgan fingerprint density at radius 2 is 1.03 bits per heavy atom. The van der Waals surface area contributed by atoms with Crippen LogP contribution in [0.15, 0.2) is 82.8 Å². The van der Waals surface area contributed by atoms with Crippen LogP contribution in [0.2, 0.25) is 0 Å². The Morgan fingerprint density at radius 1 is 0.647 bits per heavy atom. The zero-order valence-corrected chi connectivity index (χ0v) is 20.4. The first-order chi connectivity index (χ1) is 16.3. The molecule has 3 aromatic carbocycles. The number of amidine groups is 2. The zero-order chi connectivity index (χ0) is 24.5. The Balaban J connectivity index is 1.55. The largest absolute Gasteiger partial charge is 0.489 e. The van der Waals surface area contributed by atoms with E-state index < -0.39 is 0 Å². The maximum absolute atomic E-state index is 6.07. The van der Waals surface area contributed by atoms with Crippen molar-refractivity contribution in [2.75, 3.05) is 0 Å². The van der Waals surface area contributed by atoms with Crippen LogP contribution in [0.3, 0.4) is 0 Å². The van der Waals surface area contributed by atoms with Crippen molar-refractivity contribution in [3.05, 3.63) is 95.1 Å². The monoisotopic (exact) mass is 458 g/mol. The smallest absolute Gasteiger partial charge is 0.126 e. The molecular formula is C28H34N4O2. The van der Waals surface area contributed by atoms with Crippen molar-refractivity contribution < 1.29 is 9.47 Å². The molecule has 0 amide bonds. The molecule has 3 aromatic rings. The molecule has 0 aromatic heterocycles. The van der Waals surface area contributed by atoms with E-state index in [0.29, 0.717) is 24.9 Å². The molecule has 6 nitrogen and oxygen atoms in total. The molecule has 0 spiro atoms. The molecule has 0 heterocycles. The van der Waals surface area contributed by atoms with Gasteiger partial charge in [0.2, 0.25) is 0 Å². The molecule has 0 aliphatic rings. The van der Waals surface area contributed by atoms with Crippen LogP contribution in [0.1, 0.15) is 49.9 Å². The van der Waals surface area contributed by atoms with E-state index in [1.165, 1.54) is 0 Å². The topological polar surface area (TPSA) is 95.2 Å². The lowest BCUT2D eigenvalue weighted by atomic mass is 10.1. The van der Waals surface area contributed by atoms with E-state index in [-0.39, 0.29) is 12.1 Å². The molecule has 178 valence electrons. The van der Waals surface area contributed by atoms with E-state index in [1.807, 2.05) is 100 Å². The van der Waals surface area contributed by atoms with Crippen LogP contribution in [-0.4, -0.2) is 23.8 Å². The third kappa shape index (κ3) is 7.66. The number of rotatable bonds is 10.